The Morgan fingerprint density at radius 3 is 2.52 bits per heavy atom. The number of hydrogen-bond acceptors (Lipinski definition) is 3. The van der Waals surface area contributed by atoms with Crippen LogP contribution in [0.5, 0.6) is 5.75 Å². The molecule has 1 atom stereocenters. The van der Waals surface area contributed by atoms with E-state index in [2.05, 4.69) is 10.6 Å². The van der Waals surface area contributed by atoms with Crippen LogP contribution < -0.4 is 15.4 Å². The minimum Gasteiger partial charge on any atom is -0.496 e. The van der Waals surface area contributed by atoms with E-state index in [1.807, 2.05) is 38.1 Å². The monoisotopic (exact) mass is 294 g/mol. The van der Waals surface area contributed by atoms with Crippen LogP contribution in [0.3, 0.4) is 0 Å². The third-order valence-corrected chi connectivity index (χ3v) is 3.70. The Kier molecular flexibility index (Phi) is 7.61. The molecule has 0 saturated carbocycles. The fraction of sp³-hybridized carbons (Fsp3) is 0.562. The van der Waals surface area contributed by atoms with Crippen LogP contribution in [0.1, 0.15) is 32.3 Å². The first-order chi connectivity index (χ1) is 10.1. The number of urea groups is 1. The van der Waals surface area contributed by atoms with Gasteiger partial charge in [0.2, 0.25) is 0 Å². The fourth-order valence-electron chi connectivity index (χ4n) is 2.28. The summed E-state index contributed by atoms with van der Waals surface area (Å²) in [6, 6.07) is 7.25. The van der Waals surface area contributed by atoms with Gasteiger partial charge in [-0.2, -0.15) is 0 Å². The maximum atomic E-state index is 11.7. The highest BCUT2D eigenvalue weighted by atomic mass is 16.5. The Morgan fingerprint density at radius 1 is 1.24 bits per heavy atom. The van der Waals surface area contributed by atoms with Crippen molar-refractivity contribution in [2.24, 2.45) is 5.92 Å². The van der Waals surface area contributed by atoms with Crippen molar-refractivity contribution in [1.82, 2.24) is 10.6 Å². The van der Waals surface area contributed by atoms with Crippen molar-refractivity contribution >= 4 is 6.03 Å². The molecule has 0 aliphatic carbocycles. The average molecular weight is 294 g/mol. The Balaban J connectivity index is 2.37. The zero-order valence-electron chi connectivity index (χ0n) is 13.1. The van der Waals surface area contributed by atoms with Crippen molar-refractivity contribution < 1.29 is 14.6 Å². The highest BCUT2D eigenvalue weighted by Crippen LogP contribution is 2.16. The minimum absolute atomic E-state index is 0.222. The molecule has 0 saturated heterocycles. The van der Waals surface area contributed by atoms with Gasteiger partial charge in [-0.3, -0.25) is 0 Å². The Bertz CT molecular complexity index is 433. The summed E-state index contributed by atoms with van der Waals surface area (Å²) in [5, 5.41) is 15.4. The third kappa shape index (κ3) is 5.63. The Morgan fingerprint density at radius 2 is 1.90 bits per heavy atom. The lowest BCUT2D eigenvalue weighted by atomic mass is 9.97. The number of ether oxygens (including phenoxy) is 1. The molecule has 1 aromatic carbocycles. The van der Waals surface area contributed by atoms with Crippen LogP contribution in [0.4, 0.5) is 4.79 Å². The van der Waals surface area contributed by atoms with Gasteiger partial charge < -0.3 is 20.5 Å². The number of para-hydroxylation sites is 1. The molecule has 2 amide bonds. The van der Waals surface area contributed by atoms with Gasteiger partial charge in [-0.05, 0) is 12.0 Å². The SMILES string of the molecule is CCC(CC)C(O)CNC(=O)NCc1ccccc1OC. The van der Waals surface area contributed by atoms with E-state index >= 15 is 0 Å². The predicted molar refractivity (Wildman–Crippen MR) is 83.3 cm³/mol. The number of amides is 2. The molecule has 3 N–H and O–H groups in total. The van der Waals surface area contributed by atoms with Crippen molar-refractivity contribution in [3.63, 3.8) is 0 Å². The predicted octanol–water partition coefficient (Wildman–Crippen LogP) is 2.29. The van der Waals surface area contributed by atoms with E-state index in [0.717, 1.165) is 24.2 Å². The molecule has 0 radical (unpaired) electrons. The molecule has 0 aliphatic heterocycles. The van der Waals surface area contributed by atoms with Gasteiger partial charge in [-0.15, -0.1) is 0 Å². The van der Waals surface area contributed by atoms with Gasteiger partial charge in [0.1, 0.15) is 5.75 Å². The maximum absolute atomic E-state index is 11.7. The van der Waals surface area contributed by atoms with E-state index in [9.17, 15) is 9.90 Å². The van der Waals surface area contributed by atoms with Gasteiger partial charge in [-0.25, -0.2) is 4.79 Å². The first-order valence-electron chi connectivity index (χ1n) is 7.43. The summed E-state index contributed by atoms with van der Waals surface area (Å²) < 4.78 is 5.22. The lowest BCUT2D eigenvalue weighted by molar-refractivity contribution is 0.103. The van der Waals surface area contributed by atoms with Crippen LogP contribution in [0.15, 0.2) is 24.3 Å². The Labute approximate surface area is 126 Å². The first-order valence-corrected chi connectivity index (χ1v) is 7.43. The van der Waals surface area contributed by atoms with Crippen molar-refractivity contribution in [2.45, 2.75) is 39.3 Å². The fourth-order valence-corrected chi connectivity index (χ4v) is 2.28. The highest BCUT2D eigenvalue weighted by molar-refractivity contribution is 5.73. The number of aliphatic hydroxyl groups excluding tert-OH is 1. The first kappa shape index (κ1) is 17.3. The molecule has 0 heterocycles. The van der Waals surface area contributed by atoms with Gasteiger partial charge >= 0.3 is 6.03 Å². The number of hydrogen-bond donors (Lipinski definition) is 3. The summed E-state index contributed by atoms with van der Waals surface area (Å²) in [4.78, 5) is 11.7. The average Bonchev–Trinajstić information content (AvgIpc) is 2.52. The molecule has 5 heteroatoms. The van der Waals surface area contributed by atoms with E-state index in [1.165, 1.54) is 0 Å². The summed E-state index contributed by atoms with van der Waals surface area (Å²) >= 11 is 0. The van der Waals surface area contributed by atoms with Gasteiger partial charge in [0.05, 0.1) is 13.2 Å². The smallest absolute Gasteiger partial charge is 0.315 e. The van der Waals surface area contributed by atoms with Gasteiger partial charge in [0.25, 0.3) is 0 Å². The summed E-state index contributed by atoms with van der Waals surface area (Å²) in [6.07, 6.45) is 1.31. The standard InChI is InChI=1S/C16H26N2O3/c1-4-12(5-2)14(19)11-18-16(20)17-10-13-8-6-7-9-15(13)21-3/h6-9,12,14,19H,4-5,10-11H2,1-3H3,(H2,17,18,20). The number of benzene rings is 1. The molecule has 0 bridgehead atoms. The van der Waals surface area contributed by atoms with Crippen LogP contribution in [-0.2, 0) is 6.54 Å². The Hall–Kier alpha value is -1.75. The summed E-state index contributed by atoms with van der Waals surface area (Å²) in [6.45, 7) is 4.74. The highest BCUT2D eigenvalue weighted by Gasteiger charge is 2.16. The van der Waals surface area contributed by atoms with Crippen LogP contribution >= 0.6 is 0 Å². The molecule has 1 rings (SSSR count). The number of carbonyl (C=O) groups is 1. The lowest BCUT2D eigenvalue weighted by Crippen LogP contribution is -2.41. The molecule has 5 nitrogen and oxygen atoms in total. The van der Waals surface area contributed by atoms with Crippen LogP contribution in [0.2, 0.25) is 0 Å². The molecule has 1 aromatic rings. The van der Waals surface area contributed by atoms with Crippen molar-refractivity contribution in [3.8, 4) is 5.75 Å². The van der Waals surface area contributed by atoms with Gasteiger partial charge in [0.15, 0.2) is 0 Å². The second-order valence-corrected chi connectivity index (χ2v) is 5.02. The van der Waals surface area contributed by atoms with Gasteiger partial charge in [0, 0.05) is 18.7 Å². The number of aliphatic hydroxyl groups is 1. The topological polar surface area (TPSA) is 70.6 Å². The van der Waals surface area contributed by atoms with E-state index in [-0.39, 0.29) is 18.5 Å². The number of rotatable bonds is 8. The molecular weight excluding hydrogens is 268 g/mol. The van der Waals surface area contributed by atoms with Crippen LogP contribution in [0, 0.1) is 5.92 Å². The number of methoxy groups -OCH3 is 1. The molecule has 0 aliphatic rings. The molecule has 0 fully saturated rings. The van der Waals surface area contributed by atoms with Crippen molar-refractivity contribution in [3.05, 3.63) is 29.8 Å². The lowest BCUT2D eigenvalue weighted by Gasteiger charge is -2.20. The van der Waals surface area contributed by atoms with E-state index in [1.54, 1.807) is 7.11 Å². The maximum Gasteiger partial charge on any atom is 0.315 e. The molecule has 0 spiro atoms. The molecule has 1 unspecified atom stereocenters. The van der Waals surface area contributed by atoms with E-state index < -0.39 is 6.10 Å². The summed E-state index contributed by atoms with van der Waals surface area (Å²) in [7, 11) is 1.60. The van der Waals surface area contributed by atoms with Crippen molar-refractivity contribution in [2.75, 3.05) is 13.7 Å². The molecule has 0 aromatic heterocycles. The second kappa shape index (κ2) is 9.23. The zero-order chi connectivity index (χ0) is 15.7. The second-order valence-electron chi connectivity index (χ2n) is 5.02. The van der Waals surface area contributed by atoms with Crippen LogP contribution in [0.25, 0.3) is 0 Å². The van der Waals surface area contributed by atoms with Crippen LogP contribution in [-0.4, -0.2) is 30.9 Å². The third-order valence-electron chi connectivity index (χ3n) is 3.70. The van der Waals surface area contributed by atoms with Crippen molar-refractivity contribution in [1.29, 1.82) is 0 Å². The summed E-state index contributed by atoms with van der Waals surface area (Å²) in [5.74, 6) is 0.967. The zero-order valence-corrected chi connectivity index (χ0v) is 13.1. The minimum atomic E-state index is -0.503. The molecule has 118 valence electrons. The quantitative estimate of drug-likeness (QED) is 0.689. The molecular formula is C16H26N2O3. The summed E-state index contributed by atoms with van der Waals surface area (Å²) in [5.41, 5.74) is 0.913. The van der Waals surface area contributed by atoms with E-state index in [4.69, 9.17) is 4.74 Å². The van der Waals surface area contributed by atoms with Gasteiger partial charge in [-0.1, -0.05) is 44.9 Å². The normalized spacial score (nSPS) is 12.0. The number of carbonyl (C=O) groups excluding carboxylic acids is 1. The van der Waals surface area contributed by atoms with E-state index in [0.29, 0.717) is 6.54 Å². The largest absolute Gasteiger partial charge is 0.496 e. The molecule has 21 heavy (non-hydrogen) atoms. The number of nitrogens with one attached hydrogen (secondary N) is 2.